The van der Waals surface area contributed by atoms with Crippen molar-refractivity contribution in [2.45, 2.75) is 84.2 Å². The van der Waals surface area contributed by atoms with Crippen molar-refractivity contribution < 1.29 is 0 Å². The van der Waals surface area contributed by atoms with Crippen molar-refractivity contribution in [3.63, 3.8) is 0 Å². The van der Waals surface area contributed by atoms with Gasteiger partial charge in [-0.25, -0.2) is 0 Å². The molecule has 0 spiro atoms. The lowest BCUT2D eigenvalue weighted by Gasteiger charge is -2.03. The summed E-state index contributed by atoms with van der Waals surface area (Å²) in [5, 5.41) is 7.54. The number of hydrogen-bond acceptors (Lipinski definition) is 2. The lowest BCUT2D eigenvalue weighted by Crippen LogP contribution is -2.04. The van der Waals surface area contributed by atoms with E-state index in [1.54, 1.807) is 0 Å². The first kappa shape index (κ1) is 17.2. The van der Waals surface area contributed by atoms with Gasteiger partial charge in [-0.05, 0) is 13.5 Å². The van der Waals surface area contributed by atoms with Crippen LogP contribution < -0.4 is 5.32 Å². The molecule has 3 nitrogen and oxygen atoms in total. The van der Waals surface area contributed by atoms with Crippen molar-refractivity contribution >= 4 is 0 Å². The standard InChI is InChI=1S/C17H33N3/c1-3-4-5-6-7-8-9-10-11-12-13-20-16-17(14-18-2)15-19-20/h15-16,18H,3-14H2,1-2H3. The first-order valence-corrected chi connectivity index (χ1v) is 8.52. The summed E-state index contributed by atoms with van der Waals surface area (Å²) in [5.41, 5.74) is 1.28. The average molecular weight is 279 g/mol. The van der Waals surface area contributed by atoms with Crippen molar-refractivity contribution in [2.24, 2.45) is 0 Å². The zero-order chi connectivity index (χ0) is 14.5. The van der Waals surface area contributed by atoms with Crippen molar-refractivity contribution in [2.75, 3.05) is 7.05 Å². The fourth-order valence-corrected chi connectivity index (χ4v) is 2.59. The number of hydrogen-bond donors (Lipinski definition) is 1. The third-order valence-electron chi connectivity index (χ3n) is 3.81. The van der Waals surface area contributed by atoms with Crippen LogP contribution in [-0.4, -0.2) is 16.8 Å². The predicted octanol–water partition coefficient (Wildman–Crippen LogP) is 4.52. The van der Waals surface area contributed by atoms with Gasteiger partial charge >= 0.3 is 0 Å². The van der Waals surface area contributed by atoms with E-state index in [1.807, 2.05) is 13.2 Å². The van der Waals surface area contributed by atoms with Crippen molar-refractivity contribution in [1.29, 1.82) is 0 Å². The maximum absolute atomic E-state index is 4.39. The van der Waals surface area contributed by atoms with Crippen LogP contribution in [0.2, 0.25) is 0 Å². The Balaban J connectivity index is 1.89. The van der Waals surface area contributed by atoms with Gasteiger partial charge in [-0.1, -0.05) is 64.7 Å². The van der Waals surface area contributed by atoms with Gasteiger partial charge in [0.1, 0.15) is 0 Å². The quantitative estimate of drug-likeness (QED) is 0.538. The predicted molar refractivity (Wildman–Crippen MR) is 86.8 cm³/mol. The second-order valence-corrected chi connectivity index (χ2v) is 5.82. The lowest BCUT2D eigenvalue weighted by atomic mass is 10.1. The number of rotatable bonds is 13. The Kier molecular flexibility index (Phi) is 10.3. The lowest BCUT2D eigenvalue weighted by molar-refractivity contribution is 0.515. The van der Waals surface area contributed by atoms with E-state index in [9.17, 15) is 0 Å². The van der Waals surface area contributed by atoms with Crippen LogP contribution in [0.3, 0.4) is 0 Å². The summed E-state index contributed by atoms with van der Waals surface area (Å²) in [6.07, 6.45) is 18.0. The van der Waals surface area contributed by atoms with Gasteiger partial charge in [0.25, 0.3) is 0 Å². The second kappa shape index (κ2) is 12.0. The average Bonchev–Trinajstić information content (AvgIpc) is 2.89. The molecule has 0 aliphatic rings. The minimum absolute atomic E-state index is 0.915. The minimum atomic E-state index is 0.915. The number of unbranched alkanes of at least 4 members (excludes halogenated alkanes) is 9. The van der Waals surface area contributed by atoms with Crippen LogP contribution in [-0.2, 0) is 13.1 Å². The number of nitrogens with zero attached hydrogens (tertiary/aromatic N) is 2. The van der Waals surface area contributed by atoms with Crippen LogP contribution >= 0.6 is 0 Å². The highest BCUT2D eigenvalue weighted by Crippen LogP contribution is 2.11. The van der Waals surface area contributed by atoms with Crippen molar-refractivity contribution in [1.82, 2.24) is 15.1 Å². The molecule has 116 valence electrons. The maximum atomic E-state index is 4.39. The third kappa shape index (κ3) is 8.36. The van der Waals surface area contributed by atoms with Crippen LogP contribution in [0.1, 0.15) is 76.7 Å². The van der Waals surface area contributed by atoms with Gasteiger partial charge in [0.05, 0.1) is 6.20 Å². The highest BCUT2D eigenvalue weighted by atomic mass is 15.3. The van der Waals surface area contributed by atoms with E-state index in [-0.39, 0.29) is 0 Å². The minimum Gasteiger partial charge on any atom is -0.316 e. The molecule has 0 aromatic carbocycles. The van der Waals surface area contributed by atoms with Gasteiger partial charge in [0, 0.05) is 24.8 Å². The Morgan fingerprint density at radius 3 is 2.15 bits per heavy atom. The Morgan fingerprint density at radius 2 is 1.55 bits per heavy atom. The zero-order valence-electron chi connectivity index (χ0n) is 13.5. The molecule has 0 saturated heterocycles. The summed E-state index contributed by atoms with van der Waals surface area (Å²) in [6, 6.07) is 0. The maximum Gasteiger partial charge on any atom is 0.0534 e. The van der Waals surface area contributed by atoms with Gasteiger partial charge in [0.15, 0.2) is 0 Å². The Labute approximate surface area is 125 Å². The molecule has 1 aromatic rings. The van der Waals surface area contributed by atoms with Crippen molar-refractivity contribution in [3.05, 3.63) is 18.0 Å². The topological polar surface area (TPSA) is 29.9 Å². The summed E-state index contributed by atoms with van der Waals surface area (Å²) in [5.74, 6) is 0. The molecule has 3 heteroatoms. The molecule has 1 N–H and O–H groups in total. The first-order valence-electron chi connectivity index (χ1n) is 8.52. The van der Waals surface area contributed by atoms with Gasteiger partial charge in [-0.15, -0.1) is 0 Å². The molecule has 0 saturated carbocycles. The van der Waals surface area contributed by atoms with Crippen LogP contribution in [0, 0.1) is 0 Å². The smallest absolute Gasteiger partial charge is 0.0534 e. The fourth-order valence-electron chi connectivity index (χ4n) is 2.59. The van der Waals surface area contributed by atoms with Crippen LogP contribution in [0.25, 0.3) is 0 Å². The third-order valence-corrected chi connectivity index (χ3v) is 3.81. The molecule has 0 fully saturated rings. The van der Waals surface area contributed by atoms with E-state index in [1.165, 1.54) is 69.8 Å². The summed E-state index contributed by atoms with van der Waals surface area (Å²) in [4.78, 5) is 0. The molecule has 1 aromatic heterocycles. The normalized spacial score (nSPS) is 11.1. The largest absolute Gasteiger partial charge is 0.316 e. The van der Waals surface area contributed by atoms with E-state index >= 15 is 0 Å². The summed E-state index contributed by atoms with van der Waals surface area (Å²) in [7, 11) is 1.97. The highest BCUT2D eigenvalue weighted by molar-refractivity contribution is 5.02. The Hall–Kier alpha value is -0.830. The summed E-state index contributed by atoms with van der Waals surface area (Å²) < 4.78 is 2.08. The molecule has 1 heterocycles. The van der Waals surface area contributed by atoms with E-state index in [2.05, 4.69) is 28.2 Å². The number of aromatic nitrogens is 2. The van der Waals surface area contributed by atoms with Crippen LogP contribution in [0.4, 0.5) is 0 Å². The van der Waals surface area contributed by atoms with E-state index < -0.39 is 0 Å². The van der Waals surface area contributed by atoms with Crippen LogP contribution in [0.5, 0.6) is 0 Å². The molecule has 0 aliphatic carbocycles. The highest BCUT2D eigenvalue weighted by Gasteiger charge is 1.97. The Morgan fingerprint density at radius 1 is 0.950 bits per heavy atom. The summed E-state index contributed by atoms with van der Waals surface area (Å²) >= 11 is 0. The molecule has 0 amide bonds. The number of aryl methyl sites for hydroxylation is 1. The van der Waals surface area contributed by atoms with Gasteiger partial charge < -0.3 is 5.32 Å². The van der Waals surface area contributed by atoms with E-state index in [0.717, 1.165) is 13.1 Å². The Bertz CT molecular complexity index is 320. The van der Waals surface area contributed by atoms with Crippen molar-refractivity contribution in [3.8, 4) is 0 Å². The zero-order valence-corrected chi connectivity index (χ0v) is 13.5. The molecule has 0 bridgehead atoms. The van der Waals surface area contributed by atoms with Gasteiger partial charge in [-0.2, -0.15) is 5.10 Å². The van der Waals surface area contributed by atoms with E-state index in [0.29, 0.717) is 0 Å². The second-order valence-electron chi connectivity index (χ2n) is 5.82. The molecule has 0 atom stereocenters. The van der Waals surface area contributed by atoms with E-state index in [4.69, 9.17) is 0 Å². The van der Waals surface area contributed by atoms with Gasteiger partial charge in [-0.3, -0.25) is 4.68 Å². The monoisotopic (exact) mass is 279 g/mol. The molecular weight excluding hydrogens is 246 g/mol. The molecule has 1 rings (SSSR count). The number of nitrogens with one attached hydrogen (secondary N) is 1. The molecular formula is C17H33N3. The fraction of sp³-hybridized carbons (Fsp3) is 0.824. The van der Waals surface area contributed by atoms with Crippen LogP contribution in [0.15, 0.2) is 12.4 Å². The molecule has 0 unspecified atom stereocenters. The molecule has 0 aliphatic heterocycles. The summed E-state index contributed by atoms with van der Waals surface area (Å²) in [6.45, 7) is 4.26. The van der Waals surface area contributed by atoms with Gasteiger partial charge in [0.2, 0.25) is 0 Å². The molecule has 0 radical (unpaired) electrons. The SMILES string of the molecule is CCCCCCCCCCCCn1cc(CNC)cn1. The first-order chi connectivity index (χ1) is 9.86. The molecule has 20 heavy (non-hydrogen) atoms.